The summed E-state index contributed by atoms with van der Waals surface area (Å²) in [4.78, 5) is 0. The molecule has 0 aliphatic carbocycles. The molecule has 0 spiro atoms. The minimum atomic E-state index is 0.250. The first-order valence-electron chi connectivity index (χ1n) is 9.64. The summed E-state index contributed by atoms with van der Waals surface area (Å²) in [5.74, 6) is 0. The third-order valence-corrected chi connectivity index (χ3v) is 4.11. The van der Waals surface area contributed by atoms with Crippen molar-refractivity contribution in [3.8, 4) is 0 Å². The van der Waals surface area contributed by atoms with E-state index in [4.69, 9.17) is 10.5 Å². The first kappa shape index (κ1) is 20.9. The van der Waals surface area contributed by atoms with Crippen LogP contribution in [0, 0.1) is 0 Å². The molecule has 0 bridgehead atoms. The summed E-state index contributed by atoms with van der Waals surface area (Å²) in [6.45, 7) is 6.01. The van der Waals surface area contributed by atoms with Crippen molar-refractivity contribution in [1.82, 2.24) is 0 Å². The van der Waals surface area contributed by atoms with E-state index in [0.717, 1.165) is 26.1 Å². The Labute approximate surface area is 134 Å². The minimum Gasteiger partial charge on any atom is -0.380 e. The Hall–Kier alpha value is -0.0800. The van der Waals surface area contributed by atoms with E-state index in [2.05, 4.69) is 13.8 Å². The van der Waals surface area contributed by atoms with Crippen LogP contribution in [0.5, 0.6) is 0 Å². The molecule has 0 aromatic rings. The molecule has 2 N–H and O–H groups in total. The van der Waals surface area contributed by atoms with Gasteiger partial charge in [0.15, 0.2) is 0 Å². The SMILES string of the molecule is CCCCCCCCCCCCCCC(N)COCCC. The Morgan fingerprint density at radius 1 is 0.667 bits per heavy atom. The van der Waals surface area contributed by atoms with E-state index in [1.165, 1.54) is 77.0 Å². The van der Waals surface area contributed by atoms with Crippen molar-refractivity contribution in [3.63, 3.8) is 0 Å². The molecule has 0 saturated heterocycles. The van der Waals surface area contributed by atoms with Gasteiger partial charge in [-0.3, -0.25) is 0 Å². The van der Waals surface area contributed by atoms with Crippen LogP contribution >= 0.6 is 0 Å². The second-order valence-corrected chi connectivity index (χ2v) is 6.51. The van der Waals surface area contributed by atoms with Crippen LogP contribution in [0.15, 0.2) is 0 Å². The predicted octanol–water partition coefficient (Wildman–Crippen LogP) is 5.83. The first-order valence-corrected chi connectivity index (χ1v) is 9.64. The quantitative estimate of drug-likeness (QED) is 0.343. The molecule has 0 aliphatic rings. The molecular formula is C19H41NO. The van der Waals surface area contributed by atoms with Gasteiger partial charge in [-0.2, -0.15) is 0 Å². The summed E-state index contributed by atoms with van der Waals surface area (Å²) in [5.41, 5.74) is 6.02. The van der Waals surface area contributed by atoms with Crippen molar-refractivity contribution in [2.45, 2.75) is 110 Å². The van der Waals surface area contributed by atoms with Gasteiger partial charge >= 0.3 is 0 Å². The largest absolute Gasteiger partial charge is 0.380 e. The predicted molar refractivity (Wildman–Crippen MR) is 94.8 cm³/mol. The first-order chi connectivity index (χ1) is 10.3. The smallest absolute Gasteiger partial charge is 0.0617 e. The summed E-state index contributed by atoms with van der Waals surface area (Å²) >= 11 is 0. The minimum absolute atomic E-state index is 0.250. The fourth-order valence-corrected chi connectivity index (χ4v) is 2.71. The zero-order chi connectivity index (χ0) is 15.6. The van der Waals surface area contributed by atoms with E-state index in [9.17, 15) is 0 Å². The topological polar surface area (TPSA) is 35.2 Å². The van der Waals surface area contributed by atoms with Crippen molar-refractivity contribution >= 4 is 0 Å². The van der Waals surface area contributed by atoms with Crippen LogP contribution in [0.1, 0.15) is 104 Å². The average molecular weight is 300 g/mol. The Bertz CT molecular complexity index is 184. The molecule has 1 unspecified atom stereocenters. The van der Waals surface area contributed by atoms with Crippen molar-refractivity contribution in [3.05, 3.63) is 0 Å². The van der Waals surface area contributed by atoms with Gasteiger partial charge in [-0.05, 0) is 12.8 Å². The molecule has 21 heavy (non-hydrogen) atoms. The van der Waals surface area contributed by atoms with Crippen molar-refractivity contribution < 1.29 is 4.74 Å². The fraction of sp³-hybridized carbons (Fsp3) is 1.00. The molecule has 0 aliphatic heterocycles. The van der Waals surface area contributed by atoms with E-state index in [1.54, 1.807) is 0 Å². The number of hydrogen-bond acceptors (Lipinski definition) is 2. The van der Waals surface area contributed by atoms with Gasteiger partial charge in [0.1, 0.15) is 0 Å². The molecule has 128 valence electrons. The molecule has 0 fully saturated rings. The maximum atomic E-state index is 6.02. The molecule has 2 heteroatoms. The lowest BCUT2D eigenvalue weighted by Gasteiger charge is -2.11. The standard InChI is InChI=1S/C19H41NO/c1-3-5-6-7-8-9-10-11-12-13-14-15-16-19(20)18-21-17-4-2/h19H,3-18,20H2,1-2H3. The van der Waals surface area contributed by atoms with E-state index in [1.807, 2.05) is 0 Å². The molecule has 0 aromatic heterocycles. The molecule has 0 heterocycles. The number of ether oxygens (including phenoxy) is 1. The van der Waals surface area contributed by atoms with Crippen molar-refractivity contribution in [2.75, 3.05) is 13.2 Å². The molecule has 0 radical (unpaired) electrons. The molecule has 0 saturated carbocycles. The molecule has 0 amide bonds. The second-order valence-electron chi connectivity index (χ2n) is 6.51. The fourth-order valence-electron chi connectivity index (χ4n) is 2.71. The van der Waals surface area contributed by atoms with E-state index in [-0.39, 0.29) is 6.04 Å². The lowest BCUT2D eigenvalue weighted by molar-refractivity contribution is 0.118. The summed E-state index contributed by atoms with van der Waals surface area (Å²) in [6.07, 6.45) is 19.1. The van der Waals surface area contributed by atoms with E-state index in [0.29, 0.717) is 0 Å². The number of nitrogens with two attached hydrogens (primary N) is 1. The van der Waals surface area contributed by atoms with Crippen LogP contribution in [0.4, 0.5) is 0 Å². The summed E-state index contributed by atoms with van der Waals surface area (Å²) < 4.78 is 5.48. The average Bonchev–Trinajstić information content (AvgIpc) is 2.48. The highest BCUT2D eigenvalue weighted by atomic mass is 16.5. The molecule has 0 rings (SSSR count). The normalized spacial score (nSPS) is 12.7. The van der Waals surface area contributed by atoms with Crippen LogP contribution in [0.2, 0.25) is 0 Å². The Morgan fingerprint density at radius 2 is 1.14 bits per heavy atom. The zero-order valence-corrected chi connectivity index (χ0v) is 14.9. The number of unbranched alkanes of at least 4 members (excludes halogenated alkanes) is 11. The summed E-state index contributed by atoms with van der Waals surface area (Å²) in [5, 5.41) is 0. The summed E-state index contributed by atoms with van der Waals surface area (Å²) in [6, 6.07) is 0.250. The maximum Gasteiger partial charge on any atom is 0.0617 e. The van der Waals surface area contributed by atoms with Crippen LogP contribution in [0.3, 0.4) is 0 Å². The van der Waals surface area contributed by atoms with E-state index < -0.39 is 0 Å². The Balaban J connectivity index is 3.05. The lowest BCUT2D eigenvalue weighted by Crippen LogP contribution is -2.26. The lowest BCUT2D eigenvalue weighted by atomic mass is 10.0. The molecule has 1 atom stereocenters. The van der Waals surface area contributed by atoms with Gasteiger partial charge in [0.05, 0.1) is 6.61 Å². The van der Waals surface area contributed by atoms with Crippen LogP contribution < -0.4 is 5.73 Å². The highest BCUT2D eigenvalue weighted by Gasteiger charge is 2.02. The van der Waals surface area contributed by atoms with E-state index >= 15 is 0 Å². The number of hydrogen-bond donors (Lipinski definition) is 1. The third-order valence-electron chi connectivity index (χ3n) is 4.11. The van der Waals surface area contributed by atoms with Gasteiger partial charge in [-0.15, -0.1) is 0 Å². The Kier molecular flexibility index (Phi) is 17.9. The second kappa shape index (κ2) is 18.0. The van der Waals surface area contributed by atoms with Gasteiger partial charge in [0, 0.05) is 12.6 Å². The molecule has 0 aromatic carbocycles. The van der Waals surface area contributed by atoms with Crippen LogP contribution in [0.25, 0.3) is 0 Å². The number of rotatable bonds is 17. The van der Waals surface area contributed by atoms with Gasteiger partial charge in [-0.1, -0.05) is 90.9 Å². The van der Waals surface area contributed by atoms with Crippen LogP contribution in [-0.2, 0) is 4.74 Å². The van der Waals surface area contributed by atoms with Gasteiger partial charge in [-0.25, -0.2) is 0 Å². The van der Waals surface area contributed by atoms with Gasteiger partial charge in [0.25, 0.3) is 0 Å². The van der Waals surface area contributed by atoms with Crippen LogP contribution in [-0.4, -0.2) is 19.3 Å². The highest BCUT2D eigenvalue weighted by Crippen LogP contribution is 2.12. The Morgan fingerprint density at radius 3 is 1.62 bits per heavy atom. The maximum absolute atomic E-state index is 6.02. The molecular weight excluding hydrogens is 258 g/mol. The van der Waals surface area contributed by atoms with Crippen molar-refractivity contribution in [1.29, 1.82) is 0 Å². The summed E-state index contributed by atoms with van der Waals surface area (Å²) in [7, 11) is 0. The zero-order valence-electron chi connectivity index (χ0n) is 14.9. The van der Waals surface area contributed by atoms with Gasteiger partial charge < -0.3 is 10.5 Å². The molecule has 2 nitrogen and oxygen atoms in total. The van der Waals surface area contributed by atoms with Gasteiger partial charge in [0.2, 0.25) is 0 Å². The monoisotopic (exact) mass is 299 g/mol. The highest BCUT2D eigenvalue weighted by molar-refractivity contribution is 4.60. The third kappa shape index (κ3) is 17.9. The van der Waals surface area contributed by atoms with Crippen molar-refractivity contribution in [2.24, 2.45) is 5.73 Å².